The van der Waals surface area contributed by atoms with E-state index in [4.69, 9.17) is 15.2 Å². The number of anilines is 1. The number of rotatable bonds is 8. The number of benzene rings is 2. The summed E-state index contributed by atoms with van der Waals surface area (Å²) in [5.41, 5.74) is 6.28. The summed E-state index contributed by atoms with van der Waals surface area (Å²) in [6.07, 6.45) is 2.42. The predicted molar refractivity (Wildman–Crippen MR) is 105 cm³/mol. The molecule has 7 heteroatoms. The van der Waals surface area contributed by atoms with E-state index < -0.39 is 5.91 Å². The van der Waals surface area contributed by atoms with Gasteiger partial charge in [0.1, 0.15) is 5.75 Å². The first kappa shape index (κ1) is 19.3. The molecule has 0 spiro atoms. The molecule has 142 valence electrons. The average Bonchev–Trinajstić information content (AvgIpc) is 3.19. The van der Waals surface area contributed by atoms with Crippen molar-refractivity contribution in [3.05, 3.63) is 54.1 Å². The number of ether oxygens (including phenoxy) is 2. The highest BCUT2D eigenvalue weighted by Gasteiger charge is 2.18. The molecule has 0 aliphatic carbocycles. The van der Waals surface area contributed by atoms with Crippen molar-refractivity contribution in [2.75, 3.05) is 24.3 Å². The summed E-state index contributed by atoms with van der Waals surface area (Å²) < 4.78 is 10.9. The zero-order chi connectivity index (χ0) is 19.1. The third kappa shape index (κ3) is 5.74. The number of primary amides is 1. The minimum Gasteiger partial charge on any atom is -0.484 e. The standard InChI is InChI=1S/C20H22N2O4S/c21-19(23)12-26-15-6-3-5-14(11-15)22-20(24)17-8-1-2-9-18(17)27-13-16-7-4-10-25-16/h1-3,5-6,8-9,11,16H,4,7,10,12-13H2,(H2,21,23)(H,22,24)/t16-/m0/s1. The largest absolute Gasteiger partial charge is 0.484 e. The number of thioether (sulfide) groups is 1. The highest BCUT2D eigenvalue weighted by Crippen LogP contribution is 2.27. The minimum absolute atomic E-state index is 0.197. The van der Waals surface area contributed by atoms with Gasteiger partial charge in [0.2, 0.25) is 0 Å². The second-order valence-electron chi connectivity index (χ2n) is 6.18. The molecule has 0 aromatic heterocycles. The van der Waals surface area contributed by atoms with Crippen molar-refractivity contribution in [1.82, 2.24) is 0 Å². The number of carbonyl (C=O) groups is 2. The molecule has 1 saturated heterocycles. The Morgan fingerprint density at radius 3 is 2.85 bits per heavy atom. The van der Waals surface area contributed by atoms with Crippen LogP contribution in [0.15, 0.2) is 53.4 Å². The van der Waals surface area contributed by atoms with Crippen LogP contribution in [-0.2, 0) is 9.53 Å². The van der Waals surface area contributed by atoms with Gasteiger partial charge in [-0.25, -0.2) is 0 Å². The Bertz CT molecular complexity index is 806. The Morgan fingerprint density at radius 1 is 1.22 bits per heavy atom. The summed E-state index contributed by atoms with van der Waals surface area (Å²) in [4.78, 5) is 24.5. The van der Waals surface area contributed by atoms with Gasteiger partial charge in [-0.3, -0.25) is 9.59 Å². The second kappa shape index (κ2) is 9.43. The van der Waals surface area contributed by atoms with Gasteiger partial charge < -0.3 is 20.5 Å². The van der Waals surface area contributed by atoms with Gasteiger partial charge in [-0.15, -0.1) is 11.8 Å². The van der Waals surface area contributed by atoms with Crippen molar-refractivity contribution in [3.8, 4) is 5.75 Å². The lowest BCUT2D eigenvalue weighted by Gasteiger charge is -2.13. The van der Waals surface area contributed by atoms with E-state index in [-0.39, 0.29) is 18.6 Å². The van der Waals surface area contributed by atoms with Crippen LogP contribution in [0.1, 0.15) is 23.2 Å². The third-order valence-electron chi connectivity index (χ3n) is 4.05. The van der Waals surface area contributed by atoms with Crippen molar-refractivity contribution < 1.29 is 19.1 Å². The number of amides is 2. The first-order chi connectivity index (χ1) is 13.1. The molecule has 3 N–H and O–H groups in total. The molecule has 1 aliphatic heterocycles. The van der Waals surface area contributed by atoms with E-state index in [0.717, 1.165) is 30.1 Å². The Morgan fingerprint density at radius 2 is 2.07 bits per heavy atom. The van der Waals surface area contributed by atoms with Crippen LogP contribution in [-0.4, -0.2) is 36.9 Å². The molecule has 1 fully saturated rings. The molecule has 1 aliphatic rings. The lowest BCUT2D eigenvalue weighted by atomic mass is 10.2. The van der Waals surface area contributed by atoms with E-state index in [0.29, 0.717) is 17.0 Å². The fourth-order valence-corrected chi connectivity index (χ4v) is 3.87. The summed E-state index contributed by atoms with van der Waals surface area (Å²) in [5, 5.41) is 2.87. The highest BCUT2D eigenvalue weighted by molar-refractivity contribution is 7.99. The van der Waals surface area contributed by atoms with Gasteiger partial charge in [0.25, 0.3) is 11.8 Å². The van der Waals surface area contributed by atoms with Crippen LogP contribution in [0.3, 0.4) is 0 Å². The maximum Gasteiger partial charge on any atom is 0.256 e. The van der Waals surface area contributed by atoms with E-state index in [1.165, 1.54) is 0 Å². The third-order valence-corrected chi connectivity index (χ3v) is 5.26. The molecule has 6 nitrogen and oxygen atoms in total. The van der Waals surface area contributed by atoms with Crippen LogP contribution in [0.5, 0.6) is 5.75 Å². The number of hydrogen-bond donors (Lipinski definition) is 2. The van der Waals surface area contributed by atoms with Gasteiger partial charge in [-0.2, -0.15) is 0 Å². The van der Waals surface area contributed by atoms with Crippen molar-refractivity contribution in [3.63, 3.8) is 0 Å². The van der Waals surface area contributed by atoms with E-state index in [9.17, 15) is 9.59 Å². The summed E-state index contributed by atoms with van der Waals surface area (Å²) in [7, 11) is 0. The number of nitrogens with two attached hydrogens (primary N) is 1. The monoisotopic (exact) mass is 386 g/mol. The molecule has 1 heterocycles. The molecule has 2 aromatic rings. The predicted octanol–water partition coefficient (Wildman–Crippen LogP) is 3.07. The fraction of sp³-hybridized carbons (Fsp3) is 0.300. The zero-order valence-corrected chi connectivity index (χ0v) is 15.7. The number of nitrogens with one attached hydrogen (secondary N) is 1. The Labute approximate surface area is 162 Å². The quantitative estimate of drug-likeness (QED) is 0.681. The molecule has 0 bridgehead atoms. The highest BCUT2D eigenvalue weighted by atomic mass is 32.2. The summed E-state index contributed by atoms with van der Waals surface area (Å²) in [5.74, 6) is 0.549. The fourth-order valence-electron chi connectivity index (χ4n) is 2.76. The smallest absolute Gasteiger partial charge is 0.256 e. The second-order valence-corrected chi connectivity index (χ2v) is 7.24. The molecule has 27 heavy (non-hydrogen) atoms. The molecular formula is C20H22N2O4S. The molecule has 2 aromatic carbocycles. The zero-order valence-electron chi connectivity index (χ0n) is 14.9. The Kier molecular flexibility index (Phi) is 6.73. The maximum atomic E-state index is 12.7. The molecule has 0 saturated carbocycles. The lowest BCUT2D eigenvalue weighted by molar-refractivity contribution is -0.119. The van der Waals surface area contributed by atoms with Crippen LogP contribution < -0.4 is 15.8 Å². The SMILES string of the molecule is NC(=O)COc1cccc(NC(=O)c2ccccc2SC[C@@H]2CCCO2)c1. The number of carbonyl (C=O) groups excluding carboxylic acids is 2. The maximum absolute atomic E-state index is 12.7. The normalized spacial score (nSPS) is 16.1. The van der Waals surface area contributed by atoms with Crippen molar-refractivity contribution in [2.45, 2.75) is 23.8 Å². The Balaban J connectivity index is 1.65. The van der Waals surface area contributed by atoms with Gasteiger partial charge >= 0.3 is 0 Å². The van der Waals surface area contributed by atoms with Gasteiger partial charge in [-0.05, 0) is 37.1 Å². The van der Waals surface area contributed by atoms with E-state index in [1.54, 1.807) is 42.1 Å². The van der Waals surface area contributed by atoms with Crippen molar-refractivity contribution in [2.24, 2.45) is 5.73 Å². The summed E-state index contributed by atoms with van der Waals surface area (Å²) in [6.45, 7) is 0.613. The van der Waals surface area contributed by atoms with Gasteiger partial charge in [-0.1, -0.05) is 18.2 Å². The lowest BCUT2D eigenvalue weighted by Crippen LogP contribution is -2.20. The average molecular weight is 386 g/mol. The molecular weight excluding hydrogens is 364 g/mol. The first-order valence-corrected chi connectivity index (χ1v) is 9.76. The van der Waals surface area contributed by atoms with Crippen LogP contribution in [0.25, 0.3) is 0 Å². The van der Waals surface area contributed by atoms with E-state index in [1.807, 2.05) is 18.2 Å². The van der Waals surface area contributed by atoms with E-state index >= 15 is 0 Å². The van der Waals surface area contributed by atoms with Crippen LogP contribution >= 0.6 is 11.8 Å². The Hall–Kier alpha value is -2.51. The van der Waals surface area contributed by atoms with Gasteiger partial charge in [0.15, 0.2) is 6.61 Å². The summed E-state index contributed by atoms with van der Waals surface area (Å²) >= 11 is 1.64. The van der Waals surface area contributed by atoms with Gasteiger partial charge in [0.05, 0.1) is 11.7 Å². The van der Waals surface area contributed by atoms with Crippen molar-refractivity contribution in [1.29, 1.82) is 0 Å². The van der Waals surface area contributed by atoms with Crippen LogP contribution in [0.2, 0.25) is 0 Å². The first-order valence-electron chi connectivity index (χ1n) is 8.78. The summed E-state index contributed by atoms with van der Waals surface area (Å²) in [6, 6.07) is 14.4. The molecule has 0 radical (unpaired) electrons. The molecule has 1 atom stereocenters. The molecule has 0 unspecified atom stereocenters. The van der Waals surface area contributed by atoms with Crippen molar-refractivity contribution >= 4 is 29.3 Å². The topological polar surface area (TPSA) is 90.7 Å². The molecule has 2 amide bonds. The molecule has 3 rings (SSSR count). The van der Waals surface area contributed by atoms with Crippen LogP contribution in [0.4, 0.5) is 5.69 Å². The van der Waals surface area contributed by atoms with E-state index in [2.05, 4.69) is 5.32 Å². The van der Waals surface area contributed by atoms with Crippen LogP contribution in [0, 0.1) is 0 Å². The number of hydrogen-bond acceptors (Lipinski definition) is 5. The van der Waals surface area contributed by atoms with Gasteiger partial charge in [0, 0.05) is 29.0 Å². The minimum atomic E-state index is -0.554.